The van der Waals surface area contributed by atoms with Gasteiger partial charge in [-0.25, -0.2) is 0 Å². The van der Waals surface area contributed by atoms with Crippen molar-refractivity contribution in [2.75, 3.05) is 7.05 Å². The summed E-state index contributed by atoms with van der Waals surface area (Å²) in [7, 11) is 2.03. The summed E-state index contributed by atoms with van der Waals surface area (Å²) in [5, 5.41) is 8.09. The maximum Gasteiger partial charge on any atom is 0.0757 e. The summed E-state index contributed by atoms with van der Waals surface area (Å²) in [4.78, 5) is 0. The van der Waals surface area contributed by atoms with Crippen LogP contribution >= 0.6 is 0 Å². The van der Waals surface area contributed by atoms with E-state index in [1.165, 1.54) is 16.8 Å². The van der Waals surface area contributed by atoms with E-state index in [1.807, 2.05) is 7.05 Å². The first-order chi connectivity index (χ1) is 8.70. The number of nitrogens with zero attached hydrogens (tertiary/aromatic N) is 2. The van der Waals surface area contributed by atoms with Crippen LogP contribution in [-0.2, 0) is 6.42 Å². The quantitative estimate of drug-likeness (QED) is 0.875. The molecule has 2 unspecified atom stereocenters. The first-order valence-corrected chi connectivity index (χ1v) is 6.48. The fourth-order valence-corrected chi connectivity index (χ4v) is 3.13. The smallest absolute Gasteiger partial charge is 0.0757 e. The van der Waals surface area contributed by atoms with Gasteiger partial charge in [0.2, 0.25) is 0 Å². The van der Waals surface area contributed by atoms with E-state index in [4.69, 9.17) is 0 Å². The van der Waals surface area contributed by atoms with Crippen LogP contribution in [0.1, 0.15) is 34.6 Å². The molecule has 1 heterocycles. The molecule has 0 saturated carbocycles. The Morgan fingerprint density at radius 2 is 2.06 bits per heavy atom. The summed E-state index contributed by atoms with van der Waals surface area (Å²) >= 11 is 0. The Morgan fingerprint density at radius 1 is 1.28 bits per heavy atom. The predicted octanol–water partition coefficient (Wildman–Crippen LogP) is 2.56. The second-order valence-electron chi connectivity index (χ2n) is 5.11. The van der Waals surface area contributed by atoms with Crippen molar-refractivity contribution >= 4 is 0 Å². The maximum atomic E-state index is 4.65. The molecule has 1 N–H and O–H groups in total. The van der Waals surface area contributed by atoms with E-state index >= 15 is 0 Å². The number of aryl methyl sites for hydroxylation is 2. The van der Waals surface area contributed by atoms with Crippen LogP contribution in [0.4, 0.5) is 0 Å². The number of aromatic nitrogens is 2. The normalized spacial score (nSPS) is 22.2. The first kappa shape index (κ1) is 11.5. The molecule has 0 aliphatic heterocycles. The summed E-state index contributed by atoms with van der Waals surface area (Å²) in [5.74, 6) is 0. The van der Waals surface area contributed by atoms with Gasteiger partial charge in [0, 0.05) is 5.69 Å². The van der Waals surface area contributed by atoms with Crippen LogP contribution in [0.5, 0.6) is 0 Å². The van der Waals surface area contributed by atoms with Crippen LogP contribution in [0, 0.1) is 13.8 Å². The summed E-state index contributed by atoms with van der Waals surface area (Å²) in [5.41, 5.74) is 5.19. The Bertz CT molecular complexity index is 571. The van der Waals surface area contributed by atoms with Gasteiger partial charge in [0.25, 0.3) is 0 Å². The van der Waals surface area contributed by atoms with Crippen LogP contribution < -0.4 is 5.32 Å². The molecule has 3 heteroatoms. The molecule has 3 rings (SSSR count). The third-order valence-electron chi connectivity index (χ3n) is 3.87. The van der Waals surface area contributed by atoms with E-state index in [1.54, 1.807) is 0 Å². The molecule has 1 aromatic heterocycles. The lowest BCUT2D eigenvalue weighted by atomic mass is 10.1. The zero-order chi connectivity index (χ0) is 12.7. The summed E-state index contributed by atoms with van der Waals surface area (Å²) in [6.45, 7) is 4.19. The van der Waals surface area contributed by atoms with Crippen molar-refractivity contribution in [2.24, 2.45) is 0 Å². The van der Waals surface area contributed by atoms with Crippen molar-refractivity contribution in [1.29, 1.82) is 0 Å². The fraction of sp³-hybridized carbons (Fsp3) is 0.400. The van der Waals surface area contributed by atoms with Gasteiger partial charge in [-0.15, -0.1) is 0 Å². The topological polar surface area (TPSA) is 29.9 Å². The number of benzene rings is 1. The SMILES string of the molecule is CNC1c2ccccc2CC1n1nc(C)cc1C. The molecule has 18 heavy (non-hydrogen) atoms. The van der Waals surface area contributed by atoms with E-state index in [-0.39, 0.29) is 0 Å². The minimum absolute atomic E-state index is 0.360. The predicted molar refractivity (Wildman–Crippen MR) is 72.7 cm³/mol. The highest BCUT2D eigenvalue weighted by Gasteiger charge is 2.33. The van der Waals surface area contributed by atoms with E-state index in [9.17, 15) is 0 Å². The van der Waals surface area contributed by atoms with Crippen LogP contribution in [-0.4, -0.2) is 16.8 Å². The minimum atomic E-state index is 0.360. The van der Waals surface area contributed by atoms with Gasteiger partial charge in [0.1, 0.15) is 0 Å². The Labute approximate surface area is 108 Å². The Balaban J connectivity index is 2.03. The van der Waals surface area contributed by atoms with Gasteiger partial charge in [-0.2, -0.15) is 5.10 Å². The van der Waals surface area contributed by atoms with Crippen molar-refractivity contribution in [3.63, 3.8) is 0 Å². The molecule has 0 radical (unpaired) electrons. The van der Waals surface area contributed by atoms with Gasteiger partial charge in [-0.05, 0) is 44.5 Å². The third kappa shape index (κ3) is 1.66. The molecule has 1 aromatic carbocycles. The first-order valence-electron chi connectivity index (χ1n) is 6.48. The van der Waals surface area contributed by atoms with Crippen molar-refractivity contribution in [2.45, 2.75) is 32.4 Å². The number of hydrogen-bond acceptors (Lipinski definition) is 2. The van der Waals surface area contributed by atoms with E-state index in [0.717, 1.165) is 12.1 Å². The standard InChI is InChI=1S/C15H19N3/c1-10-8-11(2)18(17-10)14-9-12-6-4-5-7-13(12)15(14)16-3/h4-8,14-16H,9H2,1-3H3. The lowest BCUT2D eigenvalue weighted by Crippen LogP contribution is -2.25. The zero-order valence-electron chi connectivity index (χ0n) is 11.1. The fourth-order valence-electron chi connectivity index (χ4n) is 3.13. The summed E-state index contributed by atoms with van der Waals surface area (Å²) in [6, 6.07) is 11.6. The van der Waals surface area contributed by atoms with Gasteiger partial charge < -0.3 is 5.32 Å². The van der Waals surface area contributed by atoms with Crippen molar-refractivity contribution < 1.29 is 0 Å². The van der Waals surface area contributed by atoms with Gasteiger partial charge >= 0.3 is 0 Å². The lowest BCUT2D eigenvalue weighted by molar-refractivity contribution is 0.364. The number of fused-ring (bicyclic) bond motifs is 1. The molecule has 1 aliphatic carbocycles. The molecule has 0 spiro atoms. The highest BCUT2D eigenvalue weighted by atomic mass is 15.3. The van der Waals surface area contributed by atoms with Crippen LogP contribution in [0.2, 0.25) is 0 Å². The van der Waals surface area contributed by atoms with Gasteiger partial charge in [0.15, 0.2) is 0 Å². The highest BCUT2D eigenvalue weighted by Crippen LogP contribution is 2.39. The van der Waals surface area contributed by atoms with Crippen LogP contribution in [0.25, 0.3) is 0 Å². The second-order valence-corrected chi connectivity index (χ2v) is 5.11. The molecule has 1 aliphatic rings. The van der Waals surface area contributed by atoms with Gasteiger partial charge in [0.05, 0.1) is 17.8 Å². The zero-order valence-corrected chi connectivity index (χ0v) is 11.1. The van der Waals surface area contributed by atoms with Gasteiger partial charge in [-0.3, -0.25) is 4.68 Å². The third-order valence-corrected chi connectivity index (χ3v) is 3.87. The summed E-state index contributed by atoms with van der Waals surface area (Å²) < 4.78 is 2.18. The number of hydrogen-bond donors (Lipinski definition) is 1. The number of likely N-dealkylation sites (N-methyl/N-ethyl adjacent to an activating group) is 1. The Morgan fingerprint density at radius 3 is 2.72 bits per heavy atom. The molecule has 0 amide bonds. The number of rotatable bonds is 2. The lowest BCUT2D eigenvalue weighted by Gasteiger charge is -2.21. The molecule has 0 fully saturated rings. The minimum Gasteiger partial charge on any atom is -0.311 e. The van der Waals surface area contributed by atoms with Crippen molar-refractivity contribution in [1.82, 2.24) is 15.1 Å². The van der Waals surface area contributed by atoms with E-state index in [0.29, 0.717) is 12.1 Å². The molecule has 0 saturated heterocycles. The Hall–Kier alpha value is -1.61. The summed E-state index contributed by atoms with van der Waals surface area (Å²) in [6.07, 6.45) is 1.06. The van der Waals surface area contributed by atoms with Crippen LogP contribution in [0.15, 0.2) is 30.3 Å². The molecular weight excluding hydrogens is 222 g/mol. The van der Waals surface area contributed by atoms with Crippen molar-refractivity contribution in [3.05, 3.63) is 52.8 Å². The average Bonchev–Trinajstić information content (AvgIpc) is 2.88. The second kappa shape index (κ2) is 4.25. The van der Waals surface area contributed by atoms with Crippen LogP contribution in [0.3, 0.4) is 0 Å². The molecule has 94 valence electrons. The molecule has 0 bridgehead atoms. The largest absolute Gasteiger partial charge is 0.311 e. The molecular formula is C15H19N3. The van der Waals surface area contributed by atoms with Crippen molar-refractivity contribution in [3.8, 4) is 0 Å². The molecule has 2 aromatic rings. The van der Waals surface area contributed by atoms with E-state index in [2.05, 4.69) is 59.3 Å². The van der Waals surface area contributed by atoms with E-state index < -0.39 is 0 Å². The highest BCUT2D eigenvalue weighted by molar-refractivity contribution is 5.36. The monoisotopic (exact) mass is 241 g/mol. The average molecular weight is 241 g/mol. The van der Waals surface area contributed by atoms with Gasteiger partial charge in [-0.1, -0.05) is 24.3 Å². The molecule has 3 nitrogen and oxygen atoms in total. The number of nitrogens with one attached hydrogen (secondary N) is 1. The maximum absolute atomic E-state index is 4.65. The Kier molecular flexibility index (Phi) is 2.71. The molecule has 2 atom stereocenters.